The van der Waals surface area contributed by atoms with Gasteiger partial charge in [-0.3, -0.25) is 0 Å². The van der Waals surface area contributed by atoms with Crippen LogP contribution < -0.4 is 9.47 Å². The first-order valence-electron chi connectivity index (χ1n) is 9.64. The zero-order valence-electron chi connectivity index (χ0n) is 16.5. The minimum atomic E-state index is -1.00. The van der Waals surface area contributed by atoms with Gasteiger partial charge in [-0.1, -0.05) is 37.6 Å². The normalized spacial score (nSPS) is 10.8. The molecule has 0 fully saturated rings. The summed E-state index contributed by atoms with van der Waals surface area (Å²) in [4.78, 5) is 0. The van der Waals surface area contributed by atoms with Crippen molar-refractivity contribution >= 4 is 0 Å². The van der Waals surface area contributed by atoms with Crippen LogP contribution in [0, 0.1) is 17.5 Å². The Morgan fingerprint density at radius 2 is 1.55 bits per heavy atom. The second-order valence-electron chi connectivity index (χ2n) is 6.66. The largest absolute Gasteiger partial charge is 0.491 e. The SMILES string of the molecule is CCCc1ccc(COc2ccc(-c3ccc(OCC)c(F)c3F)cc2)cc1F. The van der Waals surface area contributed by atoms with Crippen molar-refractivity contribution in [2.75, 3.05) is 6.61 Å². The number of halogens is 3. The third-order valence-electron chi connectivity index (χ3n) is 4.55. The van der Waals surface area contributed by atoms with E-state index in [0.717, 1.165) is 12.0 Å². The lowest BCUT2D eigenvalue weighted by Gasteiger charge is -2.11. The molecule has 0 saturated heterocycles. The number of aryl methyl sites for hydroxylation is 1. The molecule has 3 aromatic rings. The van der Waals surface area contributed by atoms with Gasteiger partial charge in [0.25, 0.3) is 0 Å². The van der Waals surface area contributed by atoms with Gasteiger partial charge in [-0.15, -0.1) is 0 Å². The summed E-state index contributed by atoms with van der Waals surface area (Å²) in [5.41, 5.74) is 2.09. The molecule has 0 atom stereocenters. The molecule has 3 rings (SSSR count). The van der Waals surface area contributed by atoms with Crippen LogP contribution in [-0.4, -0.2) is 6.61 Å². The minimum absolute atomic E-state index is 0.106. The van der Waals surface area contributed by atoms with E-state index in [9.17, 15) is 13.2 Å². The van der Waals surface area contributed by atoms with Gasteiger partial charge < -0.3 is 9.47 Å². The fourth-order valence-electron chi connectivity index (χ4n) is 3.07. The molecule has 0 N–H and O–H groups in total. The Morgan fingerprint density at radius 3 is 2.21 bits per heavy atom. The fraction of sp³-hybridized carbons (Fsp3) is 0.250. The number of hydrogen-bond acceptors (Lipinski definition) is 2. The molecule has 0 spiro atoms. The molecular formula is C24H23F3O2. The van der Waals surface area contributed by atoms with Crippen LogP contribution in [0.4, 0.5) is 13.2 Å². The lowest BCUT2D eigenvalue weighted by molar-refractivity contribution is 0.305. The third kappa shape index (κ3) is 4.91. The van der Waals surface area contributed by atoms with Gasteiger partial charge in [0, 0.05) is 5.56 Å². The predicted octanol–water partition coefficient (Wildman–Crippen LogP) is 6.70. The van der Waals surface area contributed by atoms with Gasteiger partial charge in [-0.2, -0.15) is 4.39 Å². The second-order valence-corrected chi connectivity index (χ2v) is 6.66. The van der Waals surface area contributed by atoms with Gasteiger partial charge in [-0.25, -0.2) is 8.78 Å². The summed E-state index contributed by atoms with van der Waals surface area (Å²) >= 11 is 0. The zero-order valence-corrected chi connectivity index (χ0v) is 16.5. The van der Waals surface area contributed by atoms with Crippen LogP contribution >= 0.6 is 0 Å². The topological polar surface area (TPSA) is 18.5 Å². The Morgan fingerprint density at radius 1 is 0.793 bits per heavy atom. The van der Waals surface area contributed by atoms with Crippen molar-refractivity contribution in [2.24, 2.45) is 0 Å². The van der Waals surface area contributed by atoms with Crippen LogP contribution in [0.15, 0.2) is 54.6 Å². The van der Waals surface area contributed by atoms with Gasteiger partial charge in [0.15, 0.2) is 11.6 Å². The monoisotopic (exact) mass is 400 g/mol. The van der Waals surface area contributed by atoms with Gasteiger partial charge >= 0.3 is 0 Å². The van der Waals surface area contributed by atoms with Crippen LogP contribution in [0.5, 0.6) is 11.5 Å². The Hall–Kier alpha value is -2.95. The maximum atomic E-state index is 14.3. The highest BCUT2D eigenvalue weighted by Crippen LogP contribution is 2.31. The molecule has 0 aromatic heterocycles. The van der Waals surface area contributed by atoms with Crippen molar-refractivity contribution in [2.45, 2.75) is 33.3 Å². The quantitative estimate of drug-likeness (QED) is 0.419. The molecule has 5 heteroatoms. The first-order valence-corrected chi connectivity index (χ1v) is 9.64. The fourth-order valence-corrected chi connectivity index (χ4v) is 3.07. The molecular weight excluding hydrogens is 377 g/mol. The zero-order chi connectivity index (χ0) is 20.8. The van der Waals surface area contributed by atoms with E-state index in [1.54, 1.807) is 37.3 Å². The highest BCUT2D eigenvalue weighted by atomic mass is 19.2. The summed E-state index contributed by atoms with van der Waals surface area (Å²) in [6.07, 6.45) is 1.59. The predicted molar refractivity (Wildman–Crippen MR) is 108 cm³/mol. The average Bonchev–Trinajstić information content (AvgIpc) is 2.73. The summed E-state index contributed by atoms with van der Waals surface area (Å²) in [6.45, 7) is 4.19. The van der Waals surface area contributed by atoms with Crippen molar-refractivity contribution < 1.29 is 22.6 Å². The van der Waals surface area contributed by atoms with E-state index in [-0.39, 0.29) is 30.3 Å². The highest BCUT2D eigenvalue weighted by Gasteiger charge is 2.15. The number of rotatable bonds is 8. The van der Waals surface area contributed by atoms with E-state index < -0.39 is 11.6 Å². The maximum Gasteiger partial charge on any atom is 0.201 e. The van der Waals surface area contributed by atoms with E-state index >= 15 is 0 Å². The van der Waals surface area contributed by atoms with Crippen LogP contribution in [0.1, 0.15) is 31.4 Å². The number of benzene rings is 3. The van der Waals surface area contributed by atoms with Crippen molar-refractivity contribution in [3.8, 4) is 22.6 Å². The van der Waals surface area contributed by atoms with Crippen LogP contribution in [0.2, 0.25) is 0 Å². The smallest absolute Gasteiger partial charge is 0.201 e. The summed E-state index contributed by atoms with van der Waals surface area (Å²) in [5, 5.41) is 0. The van der Waals surface area contributed by atoms with E-state index in [1.165, 1.54) is 18.2 Å². The third-order valence-corrected chi connectivity index (χ3v) is 4.55. The first-order chi connectivity index (χ1) is 14.0. The second kappa shape index (κ2) is 9.50. The molecule has 0 aliphatic rings. The molecule has 0 heterocycles. The molecule has 2 nitrogen and oxygen atoms in total. The number of ether oxygens (including phenoxy) is 2. The summed E-state index contributed by atoms with van der Waals surface area (Å²) in [6, 6.07) is 14.7. The van der Waals surface area contributed by atoms with Gasteiger partial charge in [-0.05, 0) is 60.4 Å². The summed E-state index contributed by atoms with van der Waals surface area (Å²) < 4.78 is 53.2. The van der Waals surface area contributed by atoms with E-state index in [2.05, 4.69) is 0 Å². The van der Waals surface area contributed by atoms with Crippen LogP contribution in [-0.2, 0) is 13.0 Å². The molecule has 152 valence electrons. The summed E-state index contributed by atoms with van der Waals surface area (Å²) in [7, 11) is 0. The van der Waals surface area contributed by atoms with E-state index in [0.29, 0.717) is 23.3 Å². The molecule has 0 saturated carbocycles. The number of hydrogen-bond donors (Lipinski definition) is 0. The Balaban J connectivity index is 1.69. The van der Waals surface area contributed by atoms with Crippen molar-refractivity contribution in [1.29, 1.82) is 0 Å². The van der Waals surface area contributed by atoms with Gasteiger partial charge in [0.1, 0.15) is 18.2 Å². The standard InChI is InChI=1S/C24H23F3O2/c1-3-5-18-7-6-16(14-21(18)25)15-29-19-10-8-17(9-11-19)20-12-13-22(28-4-2)24(27)23(20)26/h6-14H,3-5,15H2,1-2H3. The van der Waals surface area contributed by atoms with Crippen molar-refractivity contribution in [3.63, 3.8) is 0 Å². The van der Waals surface area contributed by atoms with E-state index in [4.69, 9.17) is 9.47 Å². The summed E-state index contributed by atoms with van der Waals surface area (Å²) in [5.74, 6) is -1.73. The van der Waals surface area contributed by atoms with E-state index in [1.807, 2.05) is 13.0 Å². The van der Waals surface area contributed by atoms with Gasteiger partial charge in [0.05, 0.1) is 6.61 Å². The molecule has 0 unspecified atom stereocenters. The van der Waals surface area contributed by atoms with Crippen LogP contribution in [0.25, 0.3) is 11.1 Å². The molecule has 0 aliphatic carbocycles. The molecule has 0 amide bonds. The maximum absolute atomic E-state index is 14.3. The molecule has 29 heavy (non-hydrogen) atoms. The van der Waals surface area contributed by atoms with Crippen molar-refractivity contribution in [3.05, 3.63) is 83.2 Å². The van der Waals surface area contributed by atoms with Crippen LogP contribution in [0.3, 0.4) is 0 Å². The lowest BCUT2D eigenvalue weighted by Crippen LogP contribution is -1.99. The average molecular weight is 400 g/mol. The minimum Gasteiger partial charge on any atom is -0.491 e. The van der Waals surface area contributed by atoms with Gasteiger partial charge in [0.2, 0.25) is 5.82 Å². The molecule has 3 aromatic carbocycles. The highest BCUT2D eigenvalue weighted by molar-refractivity contribution is 5.66. The molecule has 0 radical (unpaired) electrons. The Labute approximate surface area is 168 Å². The molecule has 0 aliphatic heterocycles. The lowest BCUT2D eigenvalue weighted by atomic mass is 10.0. The Kier molecular flexibility index (Phi) is 6.81. The first kappa shape index (κ1) is 20.8. The molecule has 0 bridgehead atoms. The Bertz CT molecular complexity index is 969. The van der Waals surface area contributed by atoms with Crippen molar-refractivity contribution in [1.82, 2.24) is 0 Å².